The van der Waals surface area contributed by atoms with Crippen molar-refractivity contribution < 1.29 is 4.79 Å². The van der Waals surface area contributed by atoms with Gasteiger partial charge in [-0.25, -0.2) is 0 Å². The van der Waals surface area contributed by atoms with Crippen LogP contribution in [-0.4, -0.2) is 5.78 Å². The van der Waals surface area contributed by atoms with Crippen molar-refractivity contribution in [2.45, 2.75) is 45.6 Å². The number of hydrogen-bond acceptors (Lipinski definition) is 2. The number of hydrogen-bond donors (Lipinski definition) is 1. The van der Waals surface area contributed by atoms with Gasteiger partial charge in [0.05, 0.1) is 0 Å². The molecule has 1 rings (SSSR count). The Labute approximate surface area is 104 Å². The van der Waals surface area contributed by atoms with Gasteiger partial charge >= 0.3 is 0 Å². The van der Waals surface area contributed by atoms with Crippen LogP contribution in [0, 0.1) is 5.92 Å². The van der Waals surface area contributed by atoms with E-state index in [1.165, 1.54) is 0 Å². The number of Topliss-reactive ketones (excluding diaryl/α,β-unsaturated/α-hetero) is 1. The monoisotopic (exact) mass is 233 g/mol. The highest BCUT2D eigenvalue weighted by Crippen LogP contribution is 2.17. The fourth-order valence-electron chi connectivity index (χ4n) is 2.13. The highest BCUT2D eigenvalue weighted by atomic mass is 16.1. The summed E-state index contributed by atoms with van der Waals surface area (Å²) in [5, 5.41) is 0. The molecule has 0 amide bonds. The number of carbonyl (C=O) groups excluding carboxylic acids is 1. The van der Waals surface area contributed by atoms with Gasteiger partial charge < -0.3 is 5.73 Å². The van der Waals surface area contributed by atoms with Crippen molar-refractivity contribution in [1.82, 2.24) is 0 Å². The Morgan fingerprint density at radius 1 is 1.24 bits per heavy atom. The van der Waals surface area contributed by atoms with Crippen LogP contribution in [0.3, 0.4) is 0 Å². The van der Waals surface area contributed by atoms with Crippen LogP contribution in [0.1, 0.15) is 51.1 Å². The van der Waals surface area contributed by atoms with E-state index >= 15 is 0 Å². The summed E-state index contributed by atoms with van der Waals surface area (Å²) in [7, 11) is 0. The second kappa shape index (κ2) is 7.23. The van der Waals surface area contributed by atoms with Crippen molar-refractivity contribution in [3.8, 4) is 0 Å². The molecule has 0 aliphatic heterocycles. The smallest absolute Gasteiger partial charge is 0.135 e. The largest absolute Gasteiger partial charge is 0.324 e. The lowest BCUT2D eigenvalue weighted by Crippen LogP contribution is -2.16. The predicted molar refractivity (Wildman–Crippen MR) is 71.7 cm³/mol. The summed E-state index contributed by atoms with van der Waals surface area (Å²) in [4.78, 5) is 11.8. The SMILES string of the molecule is CCCC(C)CC(=O)CC(N)c1ccccc1. The first-order chi connectivity index (χ1) is 8.13. The van der Waals surface area contributed by atoms with Crippen LogP contribution in [0.2, 0.25) is 0 Å². The lowest BCUT2D eigenvalue weighted by Gasteiger charge is -2.13. The normalized spacial score (nSPS) is 14.3. The summed E-state index contributed by atoms with van der Waals surface area (Å²) in [5.74, 6) is 0.762. The van der Waals surface area contributed by atoms with Gasteiger partial charge in [0.25, 0.3) is 0 Å². The highest BCUT2D eigenvalue weighted by molar-refractivity contribution is 5.79. The first kappa shape index (κ1) is 13.9. The molecule has 0 bridgehead atoms. The van der Waals surface area contributed by atoms with Crippen molar-refractivity contribution in [3.05, 3.63) is 35.9 Å². The van der Waals surface area contributed by atoms with Crippen molar-refractivity contribution in [3.63, 3.8) is 0 Å². The molecule has 17 heavy (non-hydrogen) atoms. The van der Waals surface area contributed by atoms with Gasteiger partial charge in [0, 0.05) is 18.9 Å². The maximum absolute atomic E-state index is 11.8. The summed E-state index contributed by atoms with van der Waals surface area (Å²) in [6.07, 6.45) is 3.37. The van der Waals surface area contributed by atoms with Gasteiger partial charge in [-0.2, -0.15) is 0 Å². The van der Waals surface area contributed by atoms with Crippen LogP contribution in [0.5, 0.6) is 0 Å². The maximum atomic E-state index is 11.8. The van der Waals surface area contributed by atoms with Crippen LogP contribution >= 0.6 is 0 Å². The van der Waals surface area contributed by atoms with Gasteiger partial charge in [0.2, 0.25) is 0 Å². The molecule has 1 aromatic carbocycles. The molecule has 0 fully saturated rings. The Morgan fingerprint density at radius 2 is 1.88 bits per heavy atom. The summed E-state index contributed by atoms with van der Waals surface area (Å²) in [5.41, 5.74) is 7.07. The first-order valence-electron chi connectivity index (χ1n) is 6.45. The third kappa shape index (κ3) is 5.14. The zero-order valence-electron chi connectivity index (χ0n) is 10.9. The molecular formula is C15H23NO. The van der Waals surface area contributed by atoms with E-state index in [9.17, 15) is 4.79 Å². The molecule has 94 valence electrons. The lowest BCUT2D eigenvalue weighted by molar-refractivity contribution is -0.120. The Balaban J connectivity index is 2.41. The van der Waals surface area contributed by atoms with Crippen LogP contribution < -0.4 is 5.73 Å². The van der Waals surface area contributed by atoms with Crippen LogP contribution in [0.15, 0.2) is 30.3 Å². The number of carbonyl (C=O) groups is 1. The fourth-order valence-corrected chi connectivity index (χ4v) is 2.13. The molecule has 0 saturated heterocycles. The minimum absolute atomic E-state index is 0.155. The highest BCUT2D eigenvalue weighted by Gasteiger charge is 2.13. The predicted octanol–water partition coefficient (Wildman–Crippen LogP) is 3.47. The topological polar surface area (TPSA) is 43.1 Å². The average Bonchev–Trinajstić information content (AvgIpc) is 2.30. The molecule has 2 nitrogen and oxygen atoms in total. The number of benzene rings is 1. The van der Waals surface area contributed by atoms with E-state index in [1.807, 2.05) is 30.3 Å². The molecule has 0 radical (unpaired) electrons. The zero-order chi connectivity index (χ0) is 12.7. The van der Waals surface area contributed by atoms with Crippen LogP contribution in [0.25, 0.3) is 0 Å². The van der Waals surface area contributed by atoms with Gasteiger partial charge in [-0.05, 0) is 11.5 Å². The minimum Gasteiger partial charge on any atom is -0.324 e. The molecule has 0 aromatic heterocycles. The quantitative estimate of drug-likeness (QED) is 0.783. The molecule has 1 aromatic rings. The van der Waals surface area contributed by atoms with Crippen molar-refractivity contribution in [2.75, 3.05) is 0 Å². The fraction of sp³-hybridized carbons (Fsp3) is 0.533. The molecule has 2 unspecified atom stereocenters. The third-order valence-electron chi connectivity index (χ3n) is 3.03. The Kier molecular flexibility index (Phi) is 5.92. The van der Waals surface area contributed by atoms with E-state index in [1.54, 1.807) is 0 Å². The van der Waals surface area contributed by atoms with Crippen LogP contribution in [-0.2, 0) is 4.79 Å². The molecule has 0 aliphatic rings. The second-order valence-electron chi connectivity index (χ2n) is 4.86. The lowest BCUT2D eigenvalue weighted by atomic mass is 9.94. The number of rotatable bonds is 7. The standard InChI is InChI=1S/C15H23NO/c1-3-7-12(2)10-14(17)11-15(16)13-8-5-4-6-9-13/h4-6,8-9,12,15H,3,7,10-11,16H2,1-2H3. The summed E-state index contributed by atoms with van der Waals surface area (Å²) in [6, 6.07) is 9.68. The molecule has 0 heterocycles. The maximum Gasteiger partial charge on any atom is 0.135 e. The number of ketones is 1. The van der Waals surface area contributed by atoms with Gasteiger partial charge in [-0.3, -0.25) is 4.79 Å². The third-order valence-corrected chi connectivity index (χ3v) is 3.03. The van der Waals surface area contributed by atoms with Gasteiger partial charge in [-0.1, -0.05) is 57.0 Å². The molecule has 0 aliphatic carbocycles. The Morgan fingerprint density at radius 3 is 2.47 bits per heavy atom. The van der Waals surface area contributed by atoms with Crippen molar-refractivity contribution in [1.29, 1.82) is 0 Å². The first-order valence-corrected chi connectivity index (χ1v) is 6.45. The summed E-state index contributed by atoms with van der Waals surface area (Å²) < 4.78 is 0. The van der Waals surface area contributed by atoms with Crippen molar-refractivity contribution in [2.24, 2.45) is 11.7 Å². The van der Waals surface area contributed by atoms with Gasteiger partial charge in [0.15, 0.2) is 0 Å². The molecule has 2 atom stereocenters. The van der Waals surface area contributed by atoms with Crippen molar-refractivity contribution >= 4 is 5.78 Å². The minimum atomic E-state index is -0.155. The Hall–Kier alpha value is -1.15. The zero-order valence-corrected chi connectivity index (χ0v) is 10.9. The molecule has 2 heteroatoms. The van der Waals surface area contributed by atoms with Crippen LogP contribution in [0.4, 0.5) is 0 Å². The van der Waals surface area contributed by atoms with E-state index in [0.29, 0.717) is 18.8 Å². The molecule has 0 saturated carbocycles. The van der Waals surface area contributed by atoms with E-state index in [4.69, 9.17) is 5.73 Å². The summed E-state index contributed by atoms with van der Waals surface area (Å²) in [6.45, 7) is 4.28. The molecular weight excluding hydrogens is 210 g/mol. The van der Waals surface area contributed by atoms with E-state index < -0.39 is 0 Å². The average molecular weight is 233 g/mol. The molecule has 2 N–H and O–H groups in total. The van der Waals surface area contributed by atoms with Gasteiger partial charge in [-0.15, -0.1) is 0 Å². The van der Waals surface area contributed by atoms with E-state index in [0.717, 1.165) is 18.4 Å². The van der Waals surface area contributed by atoms with E-state index in [2.05, 4.69) is 13.8 Å². The second-order valence-corrected chi connectivity index (χ2v) is 4.86. The Bertz CT molecular complexity index is 334. The summed E-state index contributed by atoms with van der Waals surface area (Å²) >= 11 is 0. The molecule has 0 spiro atoms. The van der Waals surface area contributed by atoms with E-state index in [-0.39, 0.29) is 11.8 Å². The van der Waals surface area contributed by atoms with Gasteiger partial charge in [0.1, 0.15) is 5.78 Å². The number of nitrogens with two attached hydrogens (primary N) is 1.